The second-order valence-electron chi connectivity index (χ2n) is 7.26. The molecule has 152 valence electrons. The minimum Gasteiger partial charge on any atom is -0.492 e. The number of carbonyl (C=O) groups is 1. The first-order valence-corrected chi connectivity index (χ1v) is 11.5. The molecule has 3 nitrogen and oxygen atoms in total. The zero-order chi connectivity index (χ0) is 20.5. The fourth-order valence-electron chi connectivity index (χ4n) is 2.82. The molecule has 0 saturated heterocycles. The van der Waals surface area contributed by atoms with E-state index in [1.165, 1.54) is 24.0 Å². The molecule has 0 radical (unpaired) electrons. The molecule has 2 rings (SSSR count). The predicted octanol–water partition coefficient (Wildman–Crippen LogP) is 7.48. The highest BCUT2D eigenvalue weighted by atomic mass is 79.9. The van der Waals surface area contributed by atoms with Crippen molar-refractivity contribution in [3.63, 3.8) is 0 Å². The lowest BCUT2D eigenvalue weighted by atomic mass is 10.0. The number of ether oxygens (including phenoxy) is 1. The summed E-state index contributed by atoms with van der Waals surface area (Å²) in [6.45, 7) is 7.02. The van der Waals surface area contributed by atoms with Gasteiger partial charge in [-0.25, -0.2) is 0 Å². The van der Waals surface area contributed by atoms with E-state index in [0.29, 0.717) is 25.4 Å². The van der Waals surface area contributed by atoms with Crippen molar-refractivity contribution in [2.24, 2.45) is 0 Å². The van der Waals surface area contributed by atoms with Crippen LogP contribution in [-0.4, -0.2) is 12.5 Å². The number of unbranched alkanes of at least 4 members (excludes halogenated alkanes) is 1. The second-order valence-corrected chi connectivity index (χ2v) is 8.97. The van der Waals surface area contributed by atoms with Gasteiger partial charge in [0.05, 0.1) is 16.8 Å². The van der Waals surface area contributed by atoms with E-state index >= 15 is 0 Å². The molecule has 0 aromatic heterocycles. The van der Waals surface area contributed by atoms with Crippen LogP contribution in [0.15, 0.2) is 45.3 Å². The summed E-state index contributed by atoms with van der Waals surface area (Å²) in [4.78, 5) is 12.2. The summed E-state index contributed by atoms with van der Waals surface area (Å²) in [5.74, 6) is 1.30. The van der Waals surface area contributed by atoms with Gasteiger partial charge in [0, 0.05) is 10.9 Å². The summed E-state index contributed by atoms with van der Waals surface area (Å²) in [5.41, 5.74) is 3.37. The SMILES string of the molecule is CCCCc1ccc(NC(=O)CCCOc2ccc(C(C)C)cc2Br)c(Br)c1. The van der Waals surface area contributed by atoms with Crippen LogP contribution in [0.3, 0.4) is 0 Å². The number of nitrogens with one attached hydrogen (secondary N) is 1. The van der Waals surface area contributed by atoms with Crippen LogP contribution < -0.4 is 10.1 Å². The maximum Gasteiger partial charge on any atom is 0.224 e. The van der Waals surface area contributed by atoms with Gasteiger partial charge in [0.25, 0.3) is 0 Å². The van der Waals surface area contributed by atoms with Crippen molar-refractivity contribution in [3.05, 3.63) is 56.5 Å². The monoisotopic (exact) mass is 509 g/mol. The Labute approximate surface area is 185 Å². The van der Waals surface area contributed by atoms with E-state index in [4.69, 9.17) is 4.74 Å². The van der Waals surface area contributed by atoms with Crippen LogP contribution in [0.1, 0.15) is 63.5 Å². The third kappa shape index (κ3) is 7.25. The van der Waals surface area contributed by atoms with Gasteiger partial charge in [0.1, 0.15) is 5.75 Å². The van der Waals surface area contributed by atoms with Gasteiger partial charge < -0.3 is 10.1 Å². The fourth-order valence-corrected chi connectivity index (χ4v) is 3.85. The Morgan fingerprint density at radius 1 is 1.07 bits per heavy atom. The van der Waals surface area contributed by atoms with Crippen LogP contribution in [0.5, 0.6) is 5.75 Å². The molecule has 1 amide bonds. The van der Waals surface area contributed by atoms with Crippen molar-refractivity contribution < 1.29 is 9.53 Å². The van der Waals surface area contributed by atoms with E-state index in [1.54, 1.807) is 0 Å². The highest BCUT2D eigenvalue weighted by molar-refractivity contribution is 9.11. The molecule has 0 aliphatic rings. The van der Waals surface area contributed by atoms with Gasteiger partial charge in [-0.05, 0) is 92.4 Å². The third-order valence-electron chi connectivity index (χ3n) is 4.55. The lowest BCUT2D eigenvalue weighted by molar-refractivity contribution is -0.116. The van der Waals surface area contributed by atoms with Crippen molar-refractivity contribution >= 4 is 43.5 Å². The Balaban J connectivity index is 1.77. The maximum absolute atomic E-state index is 12.2. The van der Waals surface area contributed by atoms with Crippen LogP contribution in [-0.2, 0) is 11.2 Å². The molecular formula is C23H29Br2NO2. The first-order valence-electron chi connectivity index (χ1n) is 9.91. The van der Waals surface area contributed by atoms with Gasteiger partial charge in [0.2, 0.25) is 5.91 Å². The second kappa shape index (κ2) is 11.6. The molecule has 0 unspecified atom stereocenters. The van der Waals surface area contributed by atoms with Crippen LogP contribution in [0, 0.1) is 0 Å². The quantitative estimate of drug-likeness (QED) is 0.336. The Kier molecular flexibility index (Phi) is 9.52. The highest BCUT2D eigenvalue weighted by Crippen LogP contribution is 2.29. The summed E-state index contributed by atoms with van der Waals surface area (Å²) in [7, 11) is 0. The number of carbonyl (C=O) groups excluding carboxylic acids is 1. The zero-order valence-corrected chi connectivity index (χ0v) is 20.0. The van der Waals surface area contributed by atoms with Gasteiger partial charge in [-0.1, -0.05) is 39.3 Å². The standard InChI is InChI=1S/C23H29Br2NO2/c1-4-5-7-17-9-11-21(19(24)14-17)26-23(27)8-6-13-28-22-12-10-18(16(2)3)15-20(22)25/h9-12,14-16H,4-8,13H2,1-3H3,(H,26,27). The first-order chi connectivity index (χ1) is 13.4. The minimum absolute atomic E-state index is 0.000158. The molecule has 0 aliphatic heterocycles. The molecule has 0 heterocycles. The number of hydrogen-bond acceptors (Lipinski definition) is 2. The van der Waals surface area contributed by atoms with Crippen molar-refractivity contribution in [1.29, 1.82) is 0 Å². The van der Waals surface area contributed by atoms with Crippen LogP contribution in [0.4, 0.5) is 5.69 Å². The Morgan fingerprint density at radius 3 is 2.50 bits per heavy atom. The molecule has 1 N–H and O–H groups in total. The van der Waals surface area contributed by atoms with Gasteiger partial charge in [0.15, 0.2) is 0 Å². The number of amides is 1. The van der Waals surface area contributed by atoms with Gasteiger partial charge in [-0.2, -0.15) is 0 Å². The van der Waals surface area contributed by atoms with E-state index < -0.39 is 0 Å². The average molecular weight is 511 g/mol. The molecule has 2 aromatic rings. The topological polar surface area (TPSA) is 38.3 Å². The van der Waals surface area contributed by atoms with E-state index in [2.05, 4.69) is 82.2 Å². The summed E-state index contributed by atoms with van der Waals surface area (Å²) in [6, 6.07) is 12.3. The fraction of sp³-hybridized carbons (Fsp3) is 0.435. The van der Waals surface area contributed by atoms with Gasteiger partial charge >= 0.3 is 0 Å². The Bertz CT molecular complexity index is 790. The first kappa shape index (κ1) is 23.0. The molecule has 0 aliphatic carbocycles. The average Bonchev–Trinajstić information content (AvgIpc) is 2.66. The molecule has 28 heavy (non-hydrogen) atoms. The minimum atomic E-state index is -0.000158. The van der Waals surface area contributed by atoms with Crippen LogP contribution in [0.25, 0.3) is 0 Å². The summed E-state index contributed by atoms with van der Waals surface area (Å²) in [5, 5.41) is 2.97. The van der Waals surface area contributed by atoms with E-state index in [1.807, 2.05) is 12.1 Å². The Hall–Kier alpha value is -1.33. The van der Waals surface area contributed by atoms with Crippen molar-refractivity contribution in [2.75, 3.05) is 11.9 Å². The molecule has 2 aromatic carbocycles. The van der Waals surface area contributed by atoms with E-state index in [9.17, 15) is 4.79 Å². The molecule has 0 saturated carbocycles. The largest absolute Gasteiger partial charge is 0.492 e. The molecule has 5 heteroatoms. The zero-order valence-electron chi connectivity index (χ0n) is 16.9. The number of benzene rings is 2. The normalized spacial score (nSPS) is 10.9. The Morgan fingerprint density at radius 2 is 1.86 bits per heavy atom. The number of hydrogen-bond donors (Lipinski definition) is 1. The van der Waals surface area contributed by atoms with Crippen molar-refractivity contribution in [2.45, 2.75) is 58.8 Å². The molecule has 0 atom stereocenters. The number of rotatable bonds is 10. The number of aryl methyl sites for hydroxylation is 1. The van der Waals surface area contributed by atoms with Crippen LogP contribution >= 0.6 is 31.9 Å². The molecular weight excluding hydrogens is 482 g/mol. The highest BCUT2D eigenvalue weighted by Gasteiger charge is 2.08. The molecule has 0 bridgehead atoms. The maximum atomic E-state index is 12.2. The lowest BCUT2D eigenvalue weighted by Crippen LogP contribution is -2.13. The van der Waals surface area contributed by atoms with Crippen molar-refractivity contribution in [1.82, 2.24) is 0 Å². The third-order valence-corrected chi connectivity index (χ3v) is 5.83. The summed E-state index contributed by atoms with van der Waals surface area (Å²) < 4.78 is 7.70. The summed E-state index contributed by atoms with van der Waals surface area (Å²) in [6.07, 6.45) is 4.50. The van der Waals surface area contributed by atoms with E-state index in [0.717, 1.165) is 26.8 Å². The van der Waals surface area contributed by atoms with Gasteiger partial charge in [-0.15, -0.1) is 0 Å². The van der Waals surface area contributed by atoms with Crippen molar-refractivity contribution in [3.8, 4) is 5.75 Å². The van der Waals surface area contributed by atoms with Crippen LogP contribution in [0.2, 0.25) is 0 Å². The number of anilines is 1. The van der Waals surface area contributed by atoms with Gasteiger partial charge in [-0.3, -0.25) is 4.79 Å². The smallest absolute Gasteiger partial charge is 0.224 e. The molecule has 0 spiro atoms. The summed E-state index contributed by atoms with van der Waals surface area (Å²) >= 11 is 7.12. The predicted molar refractivity (Wildman–Crippen MR) is 124 cm³/mol. The number of halogens is 2. The molecule has 0 fully saturated rings. The lowest BCUT2D eigenvalue weighted by Gasteiger charge is -2.12. The van der Waals surface area contributed by atoms with E-state index in [-0.39, 0.29) is 5.91 Å².